The van der Waals surface area contributed by atoms with E-state index in [9.17, 15) is 13.2 Å². The second-order valence-electron chi connectivity index (χ2n) is 4.96. The summed E-state index contributed by atoms with van der Waals surface area (Å²) in [6.07, 6.45) is -2.33. The molecule has 2 rings (SSSR count). The van der Waals surface area contributed by atoms with Gasteiger partial charge in [0, 0.05) is 6.04 Å². The lowest BCUT2D eigenvalue weighted by Crippen LogP contribution is -2.34. The third kappa shape index (κ3) is 3.73. The van der Waals surface area contributed by atoms with E-state index in [-0.39, 0.29) is 18.9 Å². The predicted octanol–water partition coefficient (Wildman–Crippen LogP) is 3.55. The van der Waals surface area contributed by atoms with E-state index < -0.39 is 12.1 Å². The molecule has 0 amide bonds. The summed E-state index contributed by atoms with van der Waals surface area (Å²) in [5.74, 6) is -1.15. The van der Waals surface area contributed by atoms with Crippen LogP contribution in [-0.4, -0.2) is 18.8 Å². The van der Waals surface area contributed by atoms with Crippen molar-refractivity contribution in [1.82, 2.24) is 5.32 Å². The molecule has 1 aliphatic heterocycles. The van der Waals surface area contributed by atoms with Crippen LogP contribution in [0.5, 0.6) is 0 Å². The molecule has 1 nitrogen and oxygen atoms in total. The number of halogens is 3. The third-order valence-electron chi connectivity index (χ3n) is 3.52. The molecule has 1 aromatic rings. The summed E-state index contributed by atoms with van der Waals surface area (Å²) in [6.45, 7) is 0.685. The first-order chi connectivity index (χ1) is 8.55. The van der Waals surface area contributed by atoms with Gasteiger partial charge in [-0.05, 0) is 37.8 Å². The maximum absolute atomic E-state index is 12.8. The molecule has 0 radical (unpaired) electrons. The predicted molar refractivity (Wildman–Crippen MR) is 65.3 cm³/mol. The van der Waals surface area contributed by atoms with Gasteiger partial charge in [-0.1, -0.05) is 30.3 Å². The number of alkyl halides is 3. The van der Waals surface area contributed by atoms with Crippen molar-refractivity contribution in [1.29, 1.82) is 0 Å². The summed E-state index contributed by atoms with van der Waals surface area (Å²) in [7, 11) is 0. The van der Waals surface area contributed by atoms with Gasteiger partial charge in [-0.15, -0.1) is 0 Å². The monoisotopic (exact) mass is 257 g/mol. The minimum absolute atomic E-state index is 0.0680. The van der Waals surface area contributed by atoms with Crippen LogP contribution in [0.25, 0.3) is 0 Å². The van der Waals surface area contributed by atoms with Crippen molar-refractivity contribution in [3.63, 3.8) is 0 Å². The van der Waals surface area contributed by atoms with Crippen molar-refractivity contribution in [3.05, 3.63) is 35.9 Å². The lowest BCUT2D eigenvalue weighted by atomic mass is 9.93. The molecule has 1 aliphatic rings. The van der Waals surface area contributed by atoms with Gasteiger partial charge in [0.15, 0.2) is 0 Å². The number of hydrogen-bond donors (Lipinski definition) is 1. The Balaban J connectivity index is 1.99. The fraction of sp³-hybridized carbons (Fsp3) is 0.571. The lowest BCUT2D eigenvalue weighted by molar-refractivity contribution is -0.178. The Morgan fingerprint density at radius 1 is 1.17 bits per heavy atom. The average Bonchev–Trinajstić information content (AvgIpc) is 2.55. The maximum Gasteiger partial charge on any atom is 0.391 e. The topological polar surface area (TPSA) is 12.0 Å². The lowest BCUT2D eigenvalue weighted by Gasteiger charge is -2.22. The van der Waals surface area contributed by atoms with Gasteiger partial charge in [0.05, 0.1) is 5.92 Å². The molecule has 1 saturated heterocycles. The highest BCUT2D eigenvalue weighted by Crippen LogP contribution is 2.34. The van der Waals surface area contributed by atoms with E-state index in [1.807, 2.05) is 30.3 Å². The molecule has 4 heteroatoms. The molecule has 100 valence electrons. The van der Waals surface area contributed by atoms with Gasteiger partial charge in [0.2, 0.25) is 0 Å². The van der Waals surface area contributed by atoms with Crippen molar-refractivity contribution < 1.29 is 13.2 Å². The van der Waals surface area contributed by atoms with Crippen LogP contribution in [0, 0.1) is 5.92 Å². The first kappa shape index (κ1) is 13.4. The Labute approximate surface area is 105 Å². The molecule has 1 aromatic carbocycles. The van der Waals surface area contributed by atoms with Crippen LogP contribution in [0.4, 0.5) is 13.2 Å². The van der Waals surface area contributed by atoms with E-state index in [0.29, 0.717) is 19.4 Å². The number of rotatable bonds is 2. The second kappa shape index (κ2) is 5.74. The molecule has 0 bridgehead atoms. The van der Waals surface area contributed by atoms with Gasteiger partial charge in [0.1, 0.15) is 0 Å². The summed E-state index contributed by atoms with van der Waals surface area (Å²) in [5, 5.41) is 3.23. The number of hydrogen-bond acceptors (Lipinski definition) is 1. The minimum atomic E-state index is -4.05. The van der Waals surface area contributed by atoms with Crippen LogP contribution in [-0.2, 0) is 6.42 Å². The number of nitrogens with one attached hydrogen (secondary N) is 1. The van der Waals surface area contributed by atoms with Gasteiger partial charge in [-0.25, -0.2) is 0 Å². The zero-order valence-electron chi connectivity index (χ0n) is 10.2. The van der Waals surface area contributed by atoms with Crippen LogP contribution >= 0.6 is 0 Å². The average molecular weight is 257 g/mol. The molecule has 0 saturated carbocycles. The van der Waals surface area contributed by atoms with Crippen molar-refractivity contribution in [2.75, 3.05) is 6.54 Å². The van der Waals surface area contributed by atoms with Crippen LogP contribution in [0.15, 0.2) is 30.3 Å². The van der Waals surface area contributed by atoms with Crippen LogP contribution in [0.1, 0.15) is 24.8 Å². The molecule has 0 aromatic heterocycles. The van der Waals surface area contributed by atoms with Crippen molar-refractivity contribution in [2.45, 2.75) is 37.9 Å². The minimum Gasteiger partial charge on any atom is -0.314 e. The SMILES string of the molecule is FC(F)(F)C1CCCNC(Cc2ccccc2)C1. The van der Waals surface area contributed by atoms with E-state index in [1.165, 1.54) is 0 Å². The summed E-state index contributed by atoms with van der Waals surface area (Å²) < 4.78 is 38.4. The zero-order chi connectivity index (χ0) is 13.0. The van der Waals surface area contributed by atoms with E-state index >= 15 is 0 Å². The Morgan fingerprint density at radius 3 is 2.56 bits per heavy atom. The smallest absolute Gasteiger partial charge is 0.314 e. The van der Waals surface area contributed by atoms with E-state index in [2.05, 4.69) is 5.32 Å². The standard InChI is InChI=1S/C14H18F3N/c15-14(16,17)12-7-4-8-18-13(10-12)9-11-5-2-1-3-6-11/h1-3,5-6,12-13,18H,4,7-10H2. The molecule has 1 heterocycles. The van der Waals surface area contributed by atoms with E-state index in [0.717, 1.165) is 5.56 Å². The van der Waals surface area contributed by atoms with Gasteiger partial charge >= 0.3 is 6.18 Å². The highest BCUT2D eigenvalue weighted by atomic mass is 19.4. The second-order valence-corrected chi connectivity index (χ2v) is 4.96. The maximum atomic E-state index is 12.8. The van der Waals surface area contributed by atoms with Gasteiger partial charge < -0.3 is 5.32 Å². The summed E-state index contributed by atoms with van der Waals surface area (Å²) >= 11 is 0. The fourth-order valence-electron chi connectivity index (χ4n) is 2.55. The van der Waals surface area contributed by atoms with Crippen LogP contribution < -0.4 is 5.32 Å². The Kier molecular flexibility index (Phi) is 4.27. The molecular formula is C14H18F3N. The highest BCUT2D eigenvalue weighted by Gasteiger charge is 2.40. The van der Waals surface area contributed by atoms with Crippen molar-refractivity contribution >= 4 is 0 Å². The molecule has 2 atom stereocenters. The number of benzene rings is 1. The quantitative estimate of drug-likeness (QED) is 0.854. The Morgan fingerprint density at radius 2 is 1.89 bits per heavy atom. The van der Waals surface area contributed by atoms with Crippen molar-refractivity contribution in [2.24, 2.45) is 5.92 Å². The molecule has 18 heavy (non-hydrogen) atoms. The highest BCUT2D eigenvalue weighted by molar-refractivity contribution is 5.16. The van der Waals surface area contributed by atoms with E-state index in [4.69, 9.17) is 0 Å². The van der Waals surface area contributed by atoms with Gasteiger partial charge in [-0.3, -0.25) is 0 Å². The first-order valence-corrected chi connectivity index (χ1v) is 6.40. The summed E-state index contributed by atoms with van der Waals surface area (Å²) in [6, 6.07) is 9.63. The Bertz CT molecular complexity index is 361. The van der Waals surface area contributed by atoms with Crippen molar-refractivity contribution in [3.8, 4) is 0 Å². The molecule has 2 unspecified atom stereocenters. The summed E-state index contributed by atoms with van der Waals surface area (Å²) in [5.41, 5.74) is 1.10. The largest absolute Gasteiger partial charge is 0.391 e. The fourth-order valence-corrected chi connectivity index (χ4v) is 2.55. The van der Waals surface area contributed by atoms with Gasteiger partial charge in [0.25, 0.3) is 0 Å². The molecule has 0 spiro atoms. The zero-order valence-corrected chi connectivity index (χ0v) is 10.2. The Hall–Kier alpha value is -1.03. The normalized spacial score (nSPS) is 25.7. The summed E-state index contributed by atoms with van der Waals surface area (Å²) in [4.78, 5) is 0. The van der Waals surface area contributed by atoms with Crippen LogP contribution in [0.2, 0.25) is 0 Å². The molecule has 1 fully saturated rings. The van der Waals surface area contributed by atoms with E-state index in [1.54, 1.807) is 0 Å². The molecule has 0 aliphatic carbocycles. The molecular weight excluding hydrogens is 239 g/mol. The van der Waals surface area contributed by atoms with Crippen LogP contribution in [0.3, 0.4) is 0 Å². The van der Waals surface area contributed by atoms with Gasteiger partial charge in [-0.2, -0.15) is 13.2 Å². The molecule has 1 N–H and O–H groups in total. The third-order valence-corrected chi connectivity index (χ3v) is 3.52. The first-order valence-electron chi connectivity index (χ1n) is 6.40.